The van der Waals surface area contributed by atoms with Gasteiger partial charge in [0.1, 0.15) is 0 Å². The van der Waals surface area contributed by atoms with E-state index in [1.54, 1.807) is 12.1 Å². The van der Waals surface area contributed by atoms with Crippen molar-refractivity contribution in [3.63, 3.8) is 0 Å². The van der Waals surface area contributed by atoms with Gasteiger partial charge in [-0.1, -0.05) is 48.5 Å². The molecule has 0 saturated carbocycles. The summed E-state index contributed by atoms with van der Waals surface area (Å²) in [5.74, 6) is -0.245. The van der Waals surface area contributed by atoms with Gasteiger partial charge in [0.2, 0.25) is 5.91 Å². The van der Waals surface area contributed by atoms with Crippen LogP contribution in [-0.4, -0.2) is 43.9 Å². The number of amides is 2. The predicted molar refractivity (Wildman–Crippen MR) is 99.3 cm³/mol. The van der Waals surface area contributed by atoms with Crippen molar-refractivity contribution in [1.29, 1.82) is 0 Å². The second kappa shape index (κ2) is 9.59. The van der Waals surface area contributed by atoms with Gasteiger partial charge in [-0.05, 0) is 31.8 Å². The Morgan fingerprint density at radius 1 is 0.960 bits per heavy atom. The van der Waals surface area contributed by atoms with E-state index >= 15 is 0 Å². The van der Waals surface area contributed by atoms with Gasteiger partial charge in [0, 0.05) is 25.1 Å². The van der Waals surface area contributed by atoms with Crippen molar-refractivity contribution in [2.24, 2.45) is 0 Å². The Kier molecular flexibility index (Phi) is 7.16. The van der Waals surface area contributed by atoms with Gasteiger partial charge in [-0.3, -0.25) is 9.59 Å². The molecule has 2 amide bonds. The Labute approximate surface area is 149 Å². The summed E-state index contributed by atoms with van der Waals surface area (Å²) in [4.78, 5) is 26.2. The first-order chi connectivity index (χ1) is 12.1. The van der Waals surface area contributed by atoms with Crippen molar-refractivity contribution < 1.29 is 9.59 Å². The molecule has 0 aromatic heterocycles. The standard InChI is InChI=1S/C20H25N3O2/c1-23(2)15-18(16-9-5-3-6-10-16)22-19(24)13-14-21-20(25)17-11-7-4-8-12-17/h3-12,18H,13-15H2,1-2H3,(H,21,25)(H,22,24)/t18-/m0/s1. The van der Waals surface area contributed by atoms with E-state index in [9.17, 15) is 9.59 Å². The first-order valence-corrected chi connectivity index (χ1v) is 8.38. The van der Waals surface area contributed by atoms with Gasteiger partial charge in [-0.25, -0.2) is 0 Å². The molecule has 5 heteroatoms. The molecular weight excluding hydrogens is 314 g/mol. The molecule has 2 aromatic carbocycles. The summed E-state index contributed by atoms with van der Waals surface area (Å²) in [6, 6.07) is 18.8. The van der Waals surface area contributed by atoms with Crippen LogP contribution in [0, 0.1) is 0 Å². The minimum absolute atomic E-state index is 0.0754. The van der Waals surface area contributed by atoms with Gasteiger partial charge < -0.3 is 15.5 Å². The lowest BCUT2D eigenvalue weighted by atomic mass is 10.1. The molecular formula is C20H25N3O2. The van der Waals surface area contributed by atoms with Crippen LogP contribution in [0.3, 0.4) is 0 Å². The number of rotatable bonds is 8. The quantitative estimate of drug-likeness (QED) is 0.775. The highest BCUT2D eigenvalue weighted by Crippen LogP contribution is 2.13. The zero-order chi connectivity index (χ0) is 18.1. The number of nitrogens with zero attached hydrogens (tertiary/aromatic N) is 1. The van der Waals surface area contributed by atoms with Crippen molar-refractivity contribution >= 4 is 11.8 Å². The molecule has 2 aromatic rings. The Bertz CT molecular complexity index is 672. The molecule has 0 heterocycles. The van der Waals surface area contributed by atoms with Crippen molar-refractivity contribution in [2.75, 3.05) is 27.2 Å². The van der Waals surface area contributed by atoms with Crippen molar-refractivity contribution in [2.45, 2.75) is 12.5 Å². The fourth-order valence-electron chi connectivity index (χ4n) is 2.53. The predicted octanol–water partition coefficient (Wildman–Crippen LogP) is 2.23. The number of carbonyl (C=O) groups excluding carboxylic acids is 2. The molecule has 0 radical (unpaired) electrons. The Hall–Kier alpha value is -2.66. The fraction of sp³-hybridized carbons (Fsp3) is 0.300. The third-order valence-electron chi connectivity index (χ3n) is 3.76. The topological polar surface area (TPSA) is 61.4 Å². The summed E-state index contributed by atoms with van der Waals surface area (Å²) in [7, 11) is 3.95. The number of hydrogen-bond acceptors (Lipinski definition) is 3. The first-order valence-electron chi connectivity index (χ1n) is 8.38. The maximum Gasteiger partial charge on any atom is 0.251 e. The molecule has 0 bridgehead atoms. The van der Waals surface area contributed by atoms with Crippen LogP contribution in [0.5, 0.6) is 0 Å². The van der Waals surface area contributed by atoms with Gasteiger partial charge in [0.15, 0.2) is 0 Å². The third kappa shape index (κ3) is 6.39. The minimum atomic E-state index is -0.165. The molecule has 0 fully saturated rings. The second-order valence-corrected chi connectivity index (χ2v) is 6.16. The maximum atomic E-state index is 12.2. The highest BCUT2D eigenvalue weighted by atomic mass is 16.2. The lowest BCUT2D eigenvalue weighted by Gasteiger charge is -2.23. The number of benzene rings is 2. The van der Waals surface area contributed by atoms with E-state index < -0.39 is 0 Å². The lowest BCUT2D eigenvalue weighted by Crippen LogP contribution is -2.37. The normalized spacial score (nSPS) is 11.8. The summed E-state index contributed by atoms with van der Waals surface area (Å²) >= 11 is 0. The molecule has 0 saturated heterocycles. The van der Waals surface area contributed by atoms with E-state index in [0.29, 0.717) is 18.7 Å². The molecule has 0 aliphatic heterocycles. The third-order valence-corrected chi connectivity index (χ3v) is 3.76. The number of likely N-dealkylation sites (N-methyl/N-ethyl adjacent to an activating group) is 1. The van der Waals surface area contributed by atoms with Gasteiger partial charge in [-0.15, -0.1) is 0 Å². The van der Waals surface area contributed by atoms with Gasteiger partial charge in [0.25, 0.3) is 5.91 Å². The summed E-state index contributed by atoms with van der Waals surface area (Å²) in [5, 5.41) is 5.82. The van der Waals surface area contributed by atoms with Crippen LogP contribution in [0.1, 0.15) is 28.4 Å². The molecule has 5 nitrogen and oxygen atoms in total. The summed E-state index contributed by atoms with van der Waals surface area (Å²) in [5.41, 5.74) is 1.66. The van der Waals surface area contributed by atoms with Crippen molar-refractivity contribution in [3.05, 3.63) is 71.8 Å². The summed E-state index contributed by atoms with van der Waals surface area (Å²) in [6.45, 7) is 1.02. The van der Waals surface area contributed by atoms with E-state index in [1.807, 2.05) is 67.5 Å². The van der Waals surface area contributed by atoms with Gasteiger partial charge in [0.05, 0.1) is 6.04 Å². The van der Waals surface area contributed by atoms with E-state index in [-0.39, 0.29) is 24.3 Å². The number of nitrogens with one attached hydrogen (secondary N) is 2. The molecule has 1 atom stereocenters. The SMILES string of the molecule is CN(C)C[C@H](NC(=O)CCNC(=O)c1ccccc1)c1ccccc1. The van der Waals surface area contributed by atoms with Crippen molar-refractivity contribution in [1.82, 2.24) is 15.5 Å². The molecule has 0 aliphatic carbocycles. The molecule has 0 spiro atoms. The largest absolute Gasteiger partial charge is 0.352 e. The van der Waals surface area contributed by atoms with Crippen molar-refractivity contribution in [3.8, 4) is 0 Å². The highest BCUT2D eigenvalue weighted by Gasteiger charge is 2.15. The van der Waals surface area contributed by atoms with Crippen LogP contribution in [-0.2, 0) is 4.79 Å². The Balaban J connectivity index is 1.84. The van der Waals surface area contributed by atoms with Crippen LogP contribution < -0.4 is 10.6 Å². The van der Waals surface area contributed by atoms with Crippen LogP contribution in [0.25, 0.3) is 0 Å². The Morgan fingerprint density at radius 2 is 1.56 bits per heavy atom. The molecule has 2 N–H and O–H groups in total. The van der Waals surface area contributed by atoms with Crippen LogP contribution in [0.4, 0.5) is 0 Å². The maximum absolute atomic E-state index is 12.2. The van der Waals surface area contributed by atoms with Crippen LogP contribution in [0.2, 0.25) is 0 Å². The fourth-order valence-corrected chi connectivity index (χ4v) is 2.53. The molecule has 0 aliphatic rings. The highest BCUT2D eigenvalue weighted by molar-refractivity contribution is 5.94. The summed E-state index contributed by atoms with van der Waals surface area (Å²) in [6.07, 6.45) is 0.245. The molecule has 25 heavy (non-hydrogen) atoms. The second-order valence-electron chi connectivity index (χ2n) is 6.16. The molecule has 2 rings (SSSR count). The molecule has 0 unspecified atom stereocenters. The minimum Gasteiger partial charge on any atom is -0.352 e. The average Bonchev–Trinajstić information content (AvgIpc) is 2.62. The van der Waals surface area contributed by atoms with E-state index in [1.165, 1.54) is 0 Å². The summed E-state index contributed by atoms with van der Waals surface area (Å²) < 4.78 is 0. The average molecular weight is 339 g/mol. The number of hydrogen-bond donors (Lipinski definition) is 2. The lowest BCUT2D eigenvalue weighted by molar-refractivity contribution is -0.121. The number of carbonyl (C=O) groups is 2. The zero-order valence-electron chi connectivity index (χ0n) is 14.7. The van der Waals surface area contributed by atoms with Crippen LogP contribution in [0.15, 0.2) is 60.7 Å². The zero-order valence-corrected chi connectivity index (χ0v) is 14.7. The smallest absolute Gasteiger partial charge is 0.251 e. The first kappa shape index (κ1) is 18.7. The van der Waals surface area contributed by atoms with E-state index in [2.05, 4.69) is 10.6 Å². The van der Waals surface area contributed by atoms with Crippen LogP contribution >= 0.6 is 0 Å². The van der Waals surface area contributed by atoms with Gasteiger partial charge in [-0.2, -0.15) is 0 Å². The van der Waals surface area contributed by atoms with E-state index in [4.69, 9.17) is 0 Å². The Morgan fingerprint density at radius 3 is 2.16 bits per heavy atom. The van der Waals surface area contributed by atoms with E-state index in [0.717, 1.165) is 5.56 Å². The molecule has 132 valence electrons. The monoisotopic (exact) mass is 339 g/mol. The van der Waals surface area contributed by atoms with Gasteiger partial charge >= 0.3 is 0 Å².